The van der Waals surface area contributed by atoms with Gasteiger partial charge in [-0.25, -0.2) is 10.8 Å². The molecule has 0 radical (unpaired) electrons. The highest BCUT2D eigenvalue weighted by atomic mass is 32.2. The number of hydrogen-bond acceptors (Lipinski definition) is 4. The fourth-order valence-corrected chi connectivity index (χ4v) is 2.63. The molecule has 2 rings (SSSR count). The molecule has 6 N–H and O–H groups in total. The SMILES string of the molecule is C=CC=C.Cc1ccc(CSC(=Nc2cc(C)ccc2C)NN)cc1.N. The Morgan fingerprint density at radius 3 is 2.15 bits per heavy atom. The maximum absolute atomic E-state index is 5.60. The Bertz CT molecular complexity index is 715. The highest BCUT2D eigenvalue weighted by Crippen LogP contribution is 2.22. The zero-order chi connectivity index (χ0) is 18.7. The second kappa shape index (κ2) is 12.9. The fourth-order valence-electron chi connectivity index (χ4n) is 1.89. The van der Waals surface area contributed by atoms with Crippen LogP contribution in [0.25, 0.3) is 0 Å². The topological polar surface area (TPSA) is 85.4 Å². The molecule has 0 atom stereocenters. The van der Waals surface area contributed by atoms with Crippen LogP contribution in [0.1, 0.15) is 22.3 Å². The van der Waals surface area contributed by atoms with Gasteiger partial charge >= 0.3 is 0 Å². The van der Waals surface area contributed by atoms with Crippen LogP contribution in [-0.2, 0) is 5.75 Å². The molecule has 140 valence electrons. The number of nitrogens with zero attached hydrogens (tertiary/aromatic N) is 1. The Hall–Kier alpha value is -2.34. The Balaban J connectivity index is 0.00000113. The van der Waals surface area contributed by atoms with E-state index in [-0.39, 0.29) is 6.15 Å². The third-order valence-corrected chi connectivity index (χ3v) is 4.33. The molecule has 26 heavy (non-hydrogen) atoms. The van der Waals surface area contributed by atoms with Crippen molar-refractivity contribution in [1.29, 1.82) is 0 Å². The minimum Gasteiger partial charge on any atom is -0.344 e. The van der Waals surface area contributed by atoms with Gasteiger partial charge in [0.2, 0.25) is 0 Å². The largest absolute Gasteiger partial charge is 0.344 e. The smallest absolute Gasteiger partial charge is 0.176 e. The van der Waals surface area contributed by atoms with Crippen LogP contribution < -0.4 is 17.4 Å². The number of allylic oxidation sites excluding steroid dienone is 2. The number of rotatable bonds is 4. The quantitative estimate of drug-likeness (QED) is 0.217. The number of aliphatic imine (C=N–C) groups is 1. The molecule has 5 heteroatoms. The summed E-state index contributed by atoms with van der Waals surface area (Å²) >= 11 is 1.60. The molecular weight excluding hydrogens is 340 g/mol. The summed E-state index contributed by atoms with van der Waals surface area (Å²) in [4.78, 5) is 4.61. The fraction of sp³-hybridized carbons (Fsp3) is 0.190. The molecule has 0 saturated heterocycles. The van der Waals surface area contributed by atoms with Gasteiger partial charge in [-0.05, 0) is 43.5 Å². The summed E-state index contributed by atoms with van der Waals surface area (Å²) in [6.45, 7) is 12.9. The van der Waals surface area contributed by atoms with Crippen LogP contribution >= 0.6 is 11.8 Å². The van der Waals surface area contributed by atoms with Gasteiger partial charge in [-0.1, -0.05) is 79.0 Å². The van der Waals surface area contributed by atoms with Gasteiger partial charge < -0.3 is 11.6 Å². The van der Waals surface area contributed by atoms with Crippen molar-refractivity contribution in [2.24, 2.45) is 10.8 Å². The molecule has 2 aromatic rings. The first-order valence-electron chi connectivity index (χ1n) is 8.04. The second-order valence-corrected chi connectivity index (χ2v) is 6.56. The summed E-state index contributed by atoms with van der Waals surface area (Å²) in [5, 5.41) is 0.726. The lowest BCUT2D eigenvalue weighted by atomic mass is 10.1. The van der Waals surface area contributed by atoms with Gasteiger partial charge in [0.25, 0.3) is 0 Å². The summed E-state index contributed by atoms with van der Waals surface area (Å²) < 4.78 is 0. The van der Waals surface area contributed by atoms with E-state index >= 15 is 0 Å². The van der Waals surface area contributed by atoms with Crippen molar-refractivity contribution in [3.8, 4) is 0 Å². The van der Waals surface area contributed by atoms with Crippen molar-refractivity contribution in [1.82, 2.24) is 11.6 Å². The summed E-state index contributed by atoms with van der Waals surface area (Å²) in [5.74, 6) is 6.44. The van der Waals surface area contributed by atoms with Crippen molar-refractivity contribution >= 4 is 22.6 Å². The summed E-state index contributed by atoms with van der Waals surface area (Å²) in [5.41, 5.74) is 8.51. The predicted octanol–water partition coefficient (Wildman–Crippen LogP) is 5.52. The number of nitrogens with two attached hydrogens (primary N) is 1. The Morgan fingerprint density at radius 1 is 1.04 bits per heavy atom. The first kappa shape index (κ1) is 23.7. The van der Waals surface area contributed by atoms with Crippen molar-refractivity contribution in [3.63, 3.8) is 0 Å². The zero-order valence-corrected chi connectivity index (χ0v) is 16.8. The normalized spacial score (nSPS) is 10.1. The Kier molecular flexibility index (Phi) is 11.8. The van der Waals surface area contributed by atoms with Crippen LogP contribution in [0.5, 0.6) is 0 Å². The number of thioether (sulfide) groups is 1. The van der Waals surface area contributed by atoms with Crippen molar-refractivity contribution in [2.75, 3.05) is 0 Å². The molecule has 0 fully saturated rings. The van der Waals surface area contributed by atoms with Crippen LogP contribution in [0.4, 0.5) is 5.69 Å². The van der Waals surface area contributed by atoms with Crippen molar-refractivity contribution in [2.45, 2.75) is 26.5 Å². The number of amidine groups is 1. The van der Waals surface area contributed by atoms with Crippen LogP contribution in [0, 0.1) is 20.8 Å². The van der Waals surface area contributed by atoms with Crippen LogP contribution in [0.3, 0.4) is 0 Å². The summed E-state index contributed by atoms with van der Waals surface area (Å²) in [7, 11) is 0. The van der Waals surface area contributed by atoms with Gasteiger partial charge in [-0.2, -0.15) is 0 Å². The molecule has 0 heterocycles. The maximum Gasteiger partial charge on any atom is 0.176 e. The van der Waals surface area contributed by atoms with Crippen molar-refractivity contribution < 1.29 is 0 Å². The van der Waals surface area contributed by atoms with Gasteiger partial charge in [-0.15, -0.1) is 0 Å². The van der Waals surface area contributed by atoms with Gasteiger partial charge in [0, 0.05) is 5.75 Å². The number of hydrazine groups is 1. The lowest BCUT2D eigenvalue weighted by Gasteiger charge is -2.08. The van der Waals surface area contributed by atoms with Gasteiger partial charge in [0.05, 0.1) is 5.69 Å². The van der Waals surface area contributed by atoms with E-state index in [2.05, 4.69) is 86.8 Å². The van der Waals surface area contributed by atoms with Crippen LogP contribution in [0.15, 0.2) is 72.8 Å². The van der Waals surface area contributed by atoms with E-state index in [1.54, 1.807) is 23.9 Å². The number of benzene rings is 2. The molecular formula is C21H30N4S. The molecule has 0 aliphatic carbocycles. The second-order valence-electron chi connectivity index (χ2n) is 5.60. The predicted molar refractivity (Wildman–Crippen MR) is 118 cm³/mol. The highest BCUT2D eigenvalue weighted by Gasteiger charge is 2.03. The van der Waals surface area contributed by atoms with E-state index < -0.39 is 0 Å². The minimum atomic E-state index is 0. The molecule has 0 amide bonds. The molecule has 2 aromatic carbocycles. The molecule has 0 saturated carbocycles. The molecule has 0 bridgehead atoms. The number of nitrogens with one attached hydrogen (secondary N) is 1. The highest BCUT2D eigenvalue weighted by molar-refractivity contribution is 8.13. The monoisotopic (exact) mass is 370 g/mol. The van der Waals surface area contributed by atoms with Crippen LogP contribution in [-0.4, -0.2) is 5.17 Å². The minimum absolute atomic E-state index is 0. The molecule has 4 nitrogen and oxygen atoms in total. The average Bonchev–Trinajstić information content (AvgIpc) is 2.63. The van der Waals surface area contributed by atoms with E-state index in [0.29, 0.717) is 0 Å². The number of aryl methyl sites for hydroxylation is 3. The lowest BCUT2D eigenvalue weighted by molar-refractivity contribution is 1.04. The van der Waals surface area contributed by atoms with E-state index in [1.165, 1.54) is 16.7 Å². The third-order valence-electron chi connectivity index (χ3n) is 3.37. The van der Waals surface area contributed by atoms with Crippen LogP contribution in [0.2, 0.25) is 0 Å². The first-order valence-corrected chi connectivity index (χ1v) is 9.03. The average molecular weight is 371 g/mol. The standard InChI is InChI=1S/C17H21N3S.C4H6.H3N/c1-12-5-8-15(9-6-12)11-21-17(20-18)19-16-10-13(2)4-7-14(16)3;1-3-4-2;/h4-10H,11,18H2,1-3H3,(H,19,20);3-4H,1-2H2;1H3. The molecule has 0 spiro atoms. The lowest BCUT2D eigenvalue weighted by Crippen LogP contribution is -2.27. The summed E-state index contributed by atoms with van der Waals surface area (Å²) in [6, 6.07) is 14.7. The summed E-state index contributed by atoms with van der Waals surface area (Å²) in [6.07, 6.45) is 3.28. The van der Waals surface area contributed by atoms with E-state index in [1.807, 2.05) is 0 Å². The molecule has 0 aliphatic rings. The van der Waals surface area contributed by atoms with Crippen molar-refractivity contribution in [3.05, 3.63) is 90.0 Å². The first-order chi connectivity index (χ1) is 12.0. The third kappa shape index (κ3) is 8.67. The van der Waals surface area contributed by atoms with Gasteiger partial charge in [0.15, 0.2) is 5.17 Å². The van der Waals surface area contributed by atoms with Gasteiger partial charge in [-0.3, -0.25) is 0 Å². The molecule has 0 aromatic heterocycles. The Labute approximate surface area is 161 Å². The zero-order valence-electron chi connectivity index (χ0n) is 16.0. The van der Waals surface area contributed by atoms with E-state index in [9.17, 15) is 0 Å². The maximum atomic E-state index is 5.60. The van der Waals surface area contributed by atoms with E-state index in [4.69, 9.17) is 5.84 Å². The Morgan fingerprint density at radius 2 is 1.62 bits per heavy atom. The van der Waals surface area contributed by atoms with Gasteiger partial charge in [0.1, 0.15) is 0 Å². The molecule has 0 aliphatic heterocycles. The molecule has 0 unspecified atom stereocenters. The number of hydrogen-bond donors (Lipinski definition) is 3. The van der Waals surface area contributed by atoms with E-state index in [0.717, 1.165) is 22.2 Å².